The van der Waals surface area contributed by atoms with Gasteiger partial charge in [0.05, 0.1) is 5.25 Å². The third-order valence-electron chi connectivity index (χ3n) is 2.44. The van der Waals surface area contributed by atoms with Gasteiger partial charge in [0.25, 0.3) is 0 Å². The van der Waals surface area contributed by atoms with Gasteiger partial charge < -0.3 is 5.73 Å². The second-order valence-corrected chi connectivity index (χ2v) is 5.74. The standard InChI is InChI=1S/C11H18N2O2S/c1-3-11(8-12)16(14,15)13-10-6-4-5-9(2)7-10/h4-7,11,13H,3,8,12H2,1-2H3. The van der Waals surface area contributed by atoms with E-state index in [0.717, 1.165) is 5.56 Å². The van der Waals surface area contributed by atoms with Crippen LogP contribution < -0.4 is 10.5 Å². The van der Waals surface area contributed by atoms with Gasteiger partial charge in [-0.1, -0.05) is 19.1 Å². The molecule has 1 aromatic rings. The molecule has 0 saturated carbocycles. The summed E-state index contributed by atoms with van der Waals surface area (Å²) in [5, 5.41) is -0.534. The molecule has 0 heterocycles. The van der Waals surface area contributed by atoms with Gasteiger partial charge in [-0.15, -0.1) is 0 Å². The Morgan fingerprint density at radius 2 is 2.12 bits per heavy atom. The van der Waals surface area contributed by atoms with Gasteiger partial charge in [-0.3, -0.25) is 4.72 Å². The lowest BCUT2D eigenvalue weighted by Crippen LogP contribution is -2.33. The number of benzene rings is 1. The van der Waals surface area contributed by atoms with Crippen molar-refractivity contribution in [3.63, 3.8) is 0 Å². The van der Waals surface area contributed by atoms with Gasteiger partial charge in [0.1, 0.15) is 0 Å². The SMILES string of the molecule is CCC(CN)S(=O)(=O)Nc1cccc(C)c1. The molecule has 0 saturated heterocycles. The maximum absolute atomic E-state index is 11.9. The lowest BCUT2D eigenvalue weighted by atomic mass is 10.2. The summed E-state index contributed by atoms with van der Waals surface area (Å²) in [6.45, 7) is 3.86. The Kier molecular flexibility index (Phi) is 4.32. The van der Waals surface area contributed by atoms with Gasteiger partial charge >= 0.3 is 0 Å². The Bertz CT molecular complexity index is 439. The molecular weight excluding hydrogens is 224 g/mol. The Hall–Kier alpha value is -1.07. The summed E-state index contributed by atoms with van der Waals surface area (Å²) in [5.74, 6) is 0. The number of hydrogen-bond acceptors (Lipinski definition) is 3. The zero-order valence-electron chi connectivity index (χ0n) is 9.60. The van der Waals surface area contributed by atoms with E-state index >= 15 is 0 Å². The van der Waals surface area contributed by atoms with Gasteiger partial charge in [-0.25, -0.2) is 8.42 Å². The van der Waals surface area contributed by atoms with Crippen molar-refractivity contribution in [2.24, 2.45) is 5.73 Å². The number of anilines is 1. The molecule has 1 unspecified atom stereocenters. The molecule has 0 aliphatic heterocycles. The molecule has 90 valence electrons. The van der Waals surface area contributed by atoms with Gasteiger partial charge in [0.2, 0.25) is 10.0 Å². The molecule has 0 aliphatic carbocycles. The smallest absolute Gasteiger partial charge is 0.236 e. The highest BCUT2D eigenvalue weighted by Crippen LogP contribution is 2.14. The summed E-state index contributed by atoms with van der Waals surface area (Å²) in [5.41, 5.74) is 7.04. The summed E-state index contributed by atoms with van der Waals surface area (Å²) in [7, 11) is -3.37. The van der Waals surface area contributed by atoms with Crippen LogP contribution in [0.3, 0.4) is 0 Å². The monoisotopic (exact) mass is 242 g/mol. The fourth-order valence-electron chi connectivity index (χ4n) is 1.47. The van der Waals surface area contributed by atoms with E-state index in [9.17, 15) is 8.42 Å². The largest absolute Gasteiger partial charge is 0.329 e. The zero-order valence-corrected chi connectivity index (χ0v) is 10.4. The first-order valence-corrected chi connectivity index (χ1v) is 6.82. The Morgan fingerprint density at radius 1 is 1.44 bits per heavy atom. The second kappa shape index (κ2) is 5.32. The Morgan fingerprint density at radius 3 is 2.62 bits per heavy atom. The molecule has 0 aromatic heterocycles. The van der Waals surface area contributed by atoms with Crippen molar-refractivity contribution in [3.05, 3.63) is 29.8 Å². The van der Waals surface area contributed by atoms with Crippen LogP contribution in [-0.2, 0) is 10.0 Å². The third-order valence-corrected chi connectivity index (χ3v) is 4.36. The topological polar surface area (TPSA) is 72.2 Å². The minimum atomic E-state index is -3.37. The number of aryl methyl sites for hydroxylation is 1. The molecule has 5 heteroatoms. The fourth-order valence-corrected chi connectivity index (χ4v) is 2.78. The molecule has 0 fully saturated rings. The van der Waals surface area contributed by atoms with Crippen LogP contribution >= 0.6 is 0 Å². The lowest BCUT2D eigenvalue weighted by Gasteiger charge is -2.15. The maximum atomic E-state index is 11.9. The van der Waals surface area contributed by atoms with E-state index in [0.29, 0.717) is 12.1 Å². The quantitative estimate of drug-likeness (QED) is 0.821. The summed E-state index contributed by atoms with van der Waals surface area (Å²) >= 11 is 0. The van der Waals surface area contributed by atoms with E-state index in [4.69, 9.17) is 5.73 Å². The first-order valence-electron chi connectivity index (χ1n) is 5.28. The molecule has 4 nitrogen and oxygen atoms in total. The van der Waals surface area contributed by atoms with Crippen molar-refractivity contribution in [1.29, 1.82) is 0 Å². The molecule has 3 N–H and O–H groups in total. The van der Waals surface area contributed by atoms with Crippen molar-refractivity contribution in [1.82, 2.24) is 0 Å². The molecule has 0 bridgehead atoms. The average Bonchev–Trinajstić information content (AvgIpc) is 2.18. The van der Waals surface area contributed by atoms with E-state index in [1.807, 2.05) is 26.0 Å². The molecule has 1 rings (SSSR count). The minimum absolute atomic E-state index is 0.137. The third kappa shape index (κ3) is 3.21. The first-order chi connectivity index (χ1) is 7.49. The highest BCUT2D eigenvalue weighted by atomic mass is 32.2. The molecule has 0 amide bonds. The van der Waals surface area contributed by atoms with E-state index in [-0.39, 0.29) is 6.54 Å². The summed E-state index contributed by atoms with van der Waals surface area (Å²) in [6.07, 6.45) is 0.512. The van der Waals surface area contributed by atoms with Gasteiger partial charge in [-0.05, 0) is 31.0 Å². The summed E-state index contributed by atoms with van der Waals surface area (Å²) < 4.78 is 26.3. The number of nitrogens with two attached hydrogens (primary N) is 1. The highest BCUT2D eigenvalue weighted by molar-refractivity contribution is 7.93. The maximum Gasteiger partial charge on any atom is 0.236 e. The lowest BCUT2D eigenvalue weighted by molar-refractivity contribution is 0.581. The normalized spacial score (nSPS) is 13.4. The number of nitrogens with one attached hydrogen (secondary N) is 1. The van der Waals surface area contributed by atoms with E-state index in [1.165, 1.54) is 0 Å². The van der Waals surface area contributed by atoms with Crippen LogP contribution in [0, 0.1) is 6.92 Å². The van der Waals surface area contributed by atoms with Crippen LogP contribution in [0.25, 0.3) is 0 Å². The zero-order chi connectivity index (χ0) is 12.2. The first kappa shape index (κ1) is 13.0. The Labute approximate surface area is 96.9 Å². The second-order valence-electron chi connectivity index (χ2n) is 3.78. The molecule has 0 aliphatic rings. The molecule has 0 radical (unpaired) electrons. The molecular formula is C11H18N2O2S. The van der Waals surface area contributed by atoms with Crippen molar-refractivity contribution in [2.75, 3.05) is 11.3 Å². The van der Waals surface area contributed by atoms with Gasteiger partial charge in [-0.2, -0.15) is 0 Å². The van der Waals surface area contributed by atoms with Crippen molar-refractivity contribution < 1.29 is 8.42 Å². The van der Waals surface area contributed by atoms with Crippen LogP contribution in [0.1, 0.15) is 18.9 Å². The van der Waals surface area contributed by atoms with E-state index < -0.39 is 15.3 Å². The minimum Gasteiger partial charge on any atom is -0.329 e. The predicted molar refractivity (Wildman–Crippen MR) is 66.9 cm³/mol. The van der Waals surface area contributed by atoms with Crippen LogP contribution in [0.15, 0.2) is 24.3 Å². The fraction of sp³-hybridized carbons (Fsp3) is 0.455. The highest BCUT2D eigenvalue weighted by Gasteiger charge is 2.21. The molecule has 16 heavy (non-hydrogen) atoms. The summed E-state index contributed by atoms with van der Waals surface area (Å²) in [6, 6.07) is 7.25. The average molecular weight is 242 g/mol. The molecule has 0 spiro atoms. The summed E-state index contributed by atoms with van der Waals surface area (Å²) in [4.78, 5) is 0. The van der Waals surface area contributed by atoms with Crippen molar-refractivity contribution >= 4 is 15.7 Å². The van der Waals surface area contributed by atoms with Crippen LogP contribution in [0.5, 0.6) is 0 Å². The van der Waals surface area contributed by atoms with Crippen molar-refractivity contribution in [2.45, 2.75) is 25.5 Å². The van der Waals surface area contributed by atoms with Gasteiger partial charge in [0, 0.05) is 12.2 Å². The van der Waals surface area contributed by atoms with Crippen LogP contribution in [0.2, 0.25) is 0 Å². The Balaban J connectivity index is 2.88. The number of rotatable bonds is 5. The predicted octanol–water partition coefficient (Wildman–Crippen LogP) is 1.47. The van der Waals surface area contributed by atoms with E-state index in [2.05, 4.69) is 4.72 Å². The number of sulfonamides is 1. The molecule has 1 aromatic carbocycles. The molecule has 1 atom stereocenters. The van der Waals surface area contributed by atoms with Crippen LogP contribution in [-0.4, -0.2) is 20.2 Å². The van der Waals surface area contributed by atoms with Crippen LogP contribution in [0.4, 0.5) is 5.69 Å². The number of hydrogen-bond donors (Lipinski definition) is 2. The van der Waals surface area contributed by atoms with E-state index in [1.54, 1.807) is 12.1 Å². The van der Waals surface area contributed by atoms with Crippen molar-refractivity contribution in [3.8, 4) is 0 Å². The van der Waals surface area contributed by atoms with Gasteiger partial charge in [0.15, 0.2) is 0 Å².